The number of likely N-dealkylation sites (tertiary alicyclic amines) is 1. The average molecular weight is 181 g/mol. The number of nitrogens with zero attached hydrogens (tertiary/aromatic N) is 1. The molecule has 0 bridgehead atoms. The Balaban J connectivity index is 2.34. The number of piperidine rings is 1. The van der Waals surface area contributed by atoms with Crippen molar-refractivity contribution in [1.29, 1.82) is 0 Å². The number of aliphatic carboxylic acids is 1. The maximum atomic E-state index is 10.2. The molecule has 0 spiro atoms. The highest BCUT2D eigenvalue weighted by Gasteiger charge is 2.15. The van der Waals surface area contributed by atoms with E-state index in [0.29, 0.717) is 5.92 Å². The van der Waals surface area contributed by atoms with Crippen molar-refractivity contribution in [2.75, 3.05) is 19.6 Å². The van der Waals surface area contributed by atoms with Gasteiger partial charge in [-0.05, 0) is 32.5 Å². The van der Waals surface area contributed by atoms with Crippen LogP contribution in [0.4, 0.5) is 0 Å². The van der Waals surface area contributed by atoms with Gasteiger partial charge in [-0.2, -0.15) is 0 Å². The standard InChI is InChI=1S/C10H15NO2/c1-2-11-7-5-9(6-8-11)3-4-10(12)13/h9H,2,5-8H2,1H3,(H,12,13). The van der Waals surface area contributed by atoms with Gasteiger partial charge in [0, 0.05) is 11.8 Å². The third-order valence-corrected chi connectivity index (χ3v) is 2.42. The third kappa shape index (κ3) is 3.47. The van der Waals surface area contributed by atoms with Crippen molar-refractivity contribution in [2.24, 2.45) is 5.92 Å². The summed E-state index contributed by atoms with van der Waals surface area (Å²) < 4.78 is 0. The fourth-order valence-corrected chi connectivity index (χ4v) is 1.56. The zero-order valence-corrected chi connectivity index (χ0v) is 7.92. The summed E-state index contributed by atoms with van der Waals surface area (Å²) in [4.78, 5) is 12.5. The molecule has 1 fully saturated rings. The van der Waals surface area contributed by atoms with E-state index >= 15 is 0 Å². The van der Waals surface area contributed by atoms with Gasteiger partial charge in [0.2, 0.25) is 0 Å². The maximum absolute atomic E-state index is 10.2. The van der Waals surface area contributed by atoms with E-state index in [1.807, 2.05) is 0 Å². The van der Waals surface area contributed by atoms with Crippen molar-refractivity contribution in [3.63, 3.8) is 0 Å². The Morgan fingerprint density at radius 1 is 1.54 bits per heavy atom. The van der Waals surface area contributed by atoms with E-state index in [1.165, 1.54) is 0 Å². The molecule has 1 aliphatic heterocycles. The summed E-state index contributed by atoms with van der Waals surface area (Å²) in [6.45, 7) is 5.33. The quantitative estimate of drug-likeness (QED) is 0.608. The number of hydrogen-bond acceptors (Lipinski definition) is 2. The fraction of sp³-hybridized carbons (Fsp3) is 0.700. The smallest absolute Gasteiger partial charge is 0.381 e. The molecule has 0 aromatic carbocycles. The maximum Gasteiger partial charge on any atom is 0.381 e. The van der Waals surface area contributed by atoms with Gasteiger partial charge >= 0.3 is 5.97 Å². The molecule has 72 valence electrons. The second-order valence-electron chi connectivity index (χ2n) is 3.28. The Kier molecular flexibility index (Phi) is 3.78. The SMILES string of the molecule is CCN1CCC(C#CC(=O)O)CC1. The van der Waals surface area contributed by atoms with Gasteiger partial charge in [0.15, 0.2) is 0 Å². The Bertz CT molecular complexity index is 231. The summed E-state index contributed by atoms with van der Waals surface area (Å²) in [6.07, 6.45) is 2.02. The van der Waals surface area contributed by atoms with E-state index in [2.05, 4.69) is 23.7 Å². The largest absolute Gasteiger partial charge is 0.472 e. The van der Waals surface area contributed by atoms with E-state index < -0.39 is 5.97 Å². The molecule has 0 radical (unpaired) electrons. The average Bonchev–Trinajstić information content (AvgIpc) is 2.15. The van der Waals surface area contributed by atoms with Crippen LogP contribution >= 0.6 is 0 Å². The zero-order valence-electron chi connectivity index (χ0n) is 7.92. The minimum absolute atomic E-state index is 0.291. The molecule has 0 atom stereocenters. The molecule has 0 saturated carbocycles. The summed E-state index contributed by atoms with van der Waals surface area (Å²) in [5, 5.41) is 8.36. The molecule has 0 amide bonds. The summed E-state index contributed by atoms with van der Waals surface area (Å²) in [6, 6.07) is 0. The highest BCUT2D eigenvalue weighted by Crippen LogP contribution is 2.15. The molecule has 0 aliphatic carbocycles. The highest BCUT2D eigenvalue weighted by atomic mass is 16.4. The number of carboxylic acid groups (broad SMARTS) is 1. The van der Waals surface area contributed by atoms with Crippen molar-refractivity contribution in [3.05, 3.63) is 0 Å². The predicted octanol–water partition coefficient (Wildman–Crippen LogP) is 0.806. The molecular weight excluding hydrogens is 166 g/mol. The lowest BCUT2D eigenvalue weighted by molar-refractivity contribution is -0.130. The van der Waals surface area contributed by atoms with Crippen LogP contribution in [0.15, 0.2) is 0 Å². The van der Waals surface area contributed by atoms with Crippen molar-refractivity contribution in [3.8, 4) is 11.8 Å². The van der Waals surface area contributed by atoms with Crippen LogP contribution in [0.1, 0.15) is 19.8 Å². The molecule has 1 N–H and O–H groups in total. The first-order valence-corrected chi connectivity index (χ1v) is 4.69. The Morgan fingerprint density at radius 3 is 2.62 bits per heavy atom. The zero-order chi connectivity index (χ0) is 9.68. The lowest BCUT2D eigenvalue weighted by atomic mass is 9.97. The molecule has 0 unspecified atom stereocenters. The van der Waals surface area contributed by atoms with Gasteiger partial charge in [0.25, 0.3) is 0 Å². The minimum atomic E-state index is -1.02. The summed E-state index contributed by atoms with van der Waals surface area (Å²) in [5.74, 6) is 4.26. The minimum Gasteiger partial charge on any atom is -0.472 e. The topological polar surface area (TPSA) is 40.5 Å². The number of rotatable bonds is 1. The number of hydrogen-bond donors (Lipinski definition) is 1. The van der Waals surface area contributed by atoms with E-state index in [0.717, 1.165) is 32.5 Å². The highest BCUT2D eigenvalue weighted by molar-refractivity contribution is 5.86. The van der Waals surface area contributed by atoms with Gasteiger partial charge in [-0.3, -0.25) is 0 Å². The first-order chi connectivity index (χ1) is 6.22. The van der Waals surface area contributed by atoms with Gasteiger partial charge in [-0.15, -0.1) is 0 Å². The normalized spacial score (nSPS) is 19.2. The summed E-state index contributed by atoms with van der Waals surface area (Å²) in [5.41, 5.74) is 0. The van der Waals surface area contributed by atoms with E-state index in [-0.39, 0.29) is 0 Å². The molecular formula is C10H15NO2. The van der Waals surface area contributed by atoms with E-state index in [4.69, 9.17) is 5.11 Å². The van der Waals surface area contributed by atoms with E-state index in [9.17, 15) is 4.79 Å². The van der Waals surface area contributed by atoms with Gasteiger partial charge in [0.1, 0.15) is 0 Å². The number of carboxylic acids is 1. The second-order valence-corrected chi connectivity index (χ2v) is 3.28. The van der Waals surface area contributed by atoms with Crippen LogP contribution in [0.2, 0.25) is 0 Å². The van der Waals surface area contributed by atoms with Crippen molar-refractivity contribution in [2.45, 2.75) is 19.8 Å². The van der Waals surface area contributed by atoms with Gasteiger partial charge in [-0.25, -0.2) is 4.79 Å². The molecule has 13 heavy (non-hydrogen) atoms. The van der Waals surface area contributed by atoms with Crippen LogP contribution in [0, 0.1) is 17.8 Å². The van der Waals surface area contributed by atoms with Gasteiger partial charge in [0.05, 0.1) is 0 Å². The third-order valence-electron chi connectivity index (χ3n) is 2.42. The first kappa shape index (κ1) is 10.1. The second kappa shape index (κ2) is 4.88. The molecule has 0 aromatic rings. The van der Waals surface area contributed by atoms with Crippen LogP contribution in [0.3, 0.4) is 0 Å². The van der Waals surface area contributed by atoms with Gasteiger partial charge in [-0.1, -0.05) is 12.8 Å². The molecule has 1 rings (SSSR count). The van der Waals surface area contributed by atoms with Gasteiger partial charge < -0.3 is 10.0 Å². The first-order valence-electron chi connectivity index (χ1n) is 4.69. The Hall–Kier alpha value is -1.01. The van der Waals surface area contributed by atoms with Crippen molar-refractivity contribution < 1.29 is 9.90 Å². The van der Waals surface area contributed by atoms with Crippen LogP contribution < -0.4 is 0 Å². The Morgan fingerprint density at radius 2 is 2.15 bits per heavy atom. The molecule has 1 aliphatic rings. The van der Waals surface area contributed by atoms with Crippen molar-refractivity contribution in [1.82, 2.24) is 4.90 Å². The van der Waals surface area contributed by atoms with Crippen LogP contribution in [0.5, 0.6) is 0 Å². The number of carbonyl (C=O) groups is 1. The fourth-order valence-electron chi connectivity index (χ4n) is 1.56. The predicted molar refractivity (Wildman–Crippen MR) is 50.2 cm³/mol. The lowest BCUT2D eigenvalue weighted by Gasteiger charge is -2.28. The molecule has 0 aromatic heterocycles. The van der Waals surface area contributed by atoms with Crippen LogP contribution in [-0.4, -0.2) is 35.6 Å². The van der Waals surface area contributed by atoms with Crippen LogP contribution in [-0.2, 0) is 4.79 Å². The summed E-state index contributed by atoms with van der Waals surface area (Å²) in [7, 11) is 0. The summed E-state index contributed by atoms with van der Waals surface area (Å²) >= 11 is 0. The molecule has 1 heterocycles. The Labute approximate surface area is 78.7 Å². The van der Waals surface area contributed by atoms with Crippen molar-refractivity contribution >= 4 is 5.97 Å². The monoisotopic (exact) mass is 181 g/mol. The van der Waals surface area contributed by atoms with Crippen LogP contribution in [0.25, 0.3) is 0 Å². The molecule has 3 heteroatoms. The lowest BCUT2D eigenvalue weighted by Crippen LogP contribution is -2.32. The molecule has 1 saturated heterocycles. The molecule has 3 nitrogen and oxygen atoms in total. The van der Waals surface area contributed by atoms with E-state index in [1.54, 1.807) is 0 Å².